The second kappa shape index (κ2) is 8.46. The monoisotopic (exact) mass is 372 g/mol. The molecule has 0 atom stereocenters. The first kappa shape index (κ1) is 18.5. The van der Waals surface area contributed by atoms with Crippen LogP contribution in [0.15, 0.2) is 66.7 Å². The largest absolute Gasteiger partial charge is 0.366 e. The highest BCUT2D eigenvalue weighted by atomic mass is 15.3. The molecule has 0 spiro atoms. The average molecular weight is 373 g/mol. The van der Waals surface area contributed by atoms with Crippen molar-refractivity contribution >= 4 is 11.4 Å². The summed E-state index contributed by atoms with van der Waals surface area (Å²) in [6.45, 7) is 6.27. The van der Waals surface area contributed by atoms with Crippen LogP contribution in [0.5, 0.6) is 0 Å². The van der Waals surface area contributed by atoms with Crippen LogP contribution in [0.4, 0.5) is 11.4 Å². The van der Waals surface area contributed by atoms with Crippen LogP contribution >= 0.6 is 0 Å². The Balaban J connectivity index is 1.51. The SMILES string of the molecule is Cc1cccc(CN2CNc3ccc(-c4ccc(CNCCN)cc4)cc32)c1. The van der Waals surface area contributed by atoms with Gasteiger partial charge in [0.2, 0.25) is 0 Å². The summed E-state index contributed by atoms with van der Waals surface area (Å²) in [5, 5.41) is 6.85. The molecule has 1 aliphatic rings. The van der Waals surface area contributed by atoms with E-state index in [9.17, 15) is 0 Å². The number of rotatable bonds is 7. The molecule has 144 valence electrons. The van der Waals surface area contributed by atoms with Crippen LogP contribution < -0.4 is 21.3 Å². The molecule has 0 saturated heterocycles. The zero-order chi connectivity index (χ0) is 19.3. The summed E-state index contributed by atoms with van der Waals surface area (Å²) in [6.07, 6.45) is 0. The van der Waals surface area contributed by atoms with E-state index in [0.29, 0.717) is 6.54 Å². The summed E-state index contributed by atoms with van der Waals surface area (Å²) < 4.78 is 0. The van der Waals surface area contributed by atoms with E-state index in [2.05, 4.69) is 89.2 Å². The molecule has 0 fully saturated rings. The predicted molar refractivity (Wildman–Crippen MR) is 118 cm³/mol. The fraction of sp³-hybridized carbons (Fsp3) is 0.250. The maximum absolute atomic E-state index is 5.53. The van der Waals surface area contributed by atoms with Crippen LogP contribution in [0.2, 0.25) is 0 Å². The minimum atomic E-state index is 0.667. The van der Waals surface area contributed by atoms with E-state index in [-0.39, 0.29) is 0 Å². The number of aryl methyl sites for hydroxylation is 1. The molecule has 0 aromatic heterocycles. The Kier molecular flexibility index (Phi) is 5.60. The van der Waals surface area contributed by atoms with E-state index in [1.807, 2.05) is 0 Å². The van der Waals surface area contributed by atoms with Gasteiger partial charge in [-0.1, -0.05) is 60.2 Å². The third-order valence-corrected chi connectivity index (χ3v) is 5.19. The molecule has 0 amide bonds. The second-order valence-corrected chi connectivity index (χ2v) is 7.42. The molecule has 0 radical (unpaired) electrons. The van der Waals surface area contributed by atoms with Crippen LogP contribution in [-0.4, -0.2) is 19.8 Å². The molecule has 1 heterocycles. The molecule has 0 unspecified atom stereocenters. The van der Waals surface area contributed by atoms with Crippen molar-refractivity contribution in [1.29, 1.82) is 0 Å². The van der Waals surface area contributed by atoms with Crippen LogP contribution in [0.1, 0.15) is 16.7 Å². The molecular formula is C24H28N4. The summed E-state index contributed by atoms with van der Waals surface area (Å²) in [5.74, 6) is 0. The van der Waals surface area contributed by atoms with E-state index in [1.54, 1.807) is 0 Å². The third kappa shape index (κ3) is 4.19. The van der Waals surface area contributed by atoms with Gasteiger partial charge in [0.15, 0.2) is 0 Å². The van der Waals surface area contributed by atoms with Gasteiger partial charge >= 0.3 is 0 Å². The number of benzene rings is 3. The van der Waals surface area contributed by atoms with Crippen molar-refractivity contribution in [1.82, 2.24) is 5.32 Å². The first-order valence-electron chi connectivity index (χ1n) is 9.91. The fourth-order valence-electron chi connectivity index (χ4n) is 3.71. The van der Waals surface area contributed by atoms with Gasteiger partial charge < -0.3 is 21.3 Å². The Hall–Kier alpha value is -2.82. The Morgan fingerprint density at radius 1 is 0.964 bits per heavy atom. The Morgan fingerprint density at radius 2 is 1.79 bits per heavy atom. The molecule has 3 aromatic carbocycles. The molecule has 0 aliphatic carbocycles. The molecule has 4 rings (SSSR count). The lowest BCUT2D eigenvalue weighted by molar-refractivity contribution is 0.695. The van der Waals surface area contributed by atoms with Crippen molar-refractivity contribution in [2.45, 2.75) is 20.0 Å². The minimum Gasteiger partial charge on any atom is -0.366 e. The van der Waals surface area contributed by atoms with E-state index in [1.165, 1.54) is 39.2 Å². The van der Waals surface area contributed by atoms with Crippen molar-refractivity contribution in [3.05, 3.63) is 83.4 Å². The van der Waals surface area contributed by atoms with Gasteiger partial charge in [-0.2, -0.15) is 0 Å². The molecule has 1 aliphatic heterocycles. The van der Waals surface area contributed by atoms with Gasteiger partial charge in [0, 0.05) is 26.2 Å². The Labute approximate surface area is 167 Å². The van der Waals surface area contributed by atoms with Crippen LogP contribution in [0.3, 0.4) is 0 Å². The topological polar surface area (TPSA) is 53.3 Å². The molecule has 28 heavy (non-hydrogen) atoms. The maximum Gasteiger partial charge on any atom is 0.0881 e. The minimum absolute atomic E-state index is 0.667. The van der Waals surface area contributed by atoms with Crippen molar-refractivity contribution < 1.29 is 0 Å². The first-order chi connectivity index (χ1) is 13.7. The summed E-state index contributed by atoms with van der Waals surface area (Å²) >= 11 is 0. The maximum atomic E-state index is 5.53. The lowest BCUT2D eigenvalue weighted by atomic mass is 10.0. The Bertz CT molecular complexity index is 934. The summed E-state index contributed by atoms with van der Waals surface area (Å²) in [6, 6.07) is 24.2. The second-order valence-electron chi connectivity index (χ2n) is 7.42. The van der Waals surface area contributed by atoms with Crippen molar-refractivity contribution in [3.63, 3.8) is 0 Å². The van der Waals surface area contributed by atoms with Crippen molar-refractivity contribution in [2.75, 3.05) is 30.0 Å². The lowest BCUT2D eigenvalue weighted by Gasteiger charge is -2.19. The number of nitrogens with zero attached hydrogens (tertiary/aromatic N) is 1. The van der Waals surface area contributed by atoms with E-state index >= 15 is 0 Å². The molecule has 4 N–H and O–H groups in total. The summed E-state index contributed by atoms with van der Waals surface area (Å²) in [5.41, 5.74) is 14.4. The quantitative estimate of drug-likeness (QED) is 0.547. The van der Waals surface area contributed by atoms with Gasteiger partial charge in [-0.05, 0) is 41.3 Å². The molecule has 3 aromatic rings. The smallest absolute Gasteiger partial charge is 0.0881 e. The number of hydrogen-bond donors (Lipinski definition) is 3. The third-order valence-electron chi connectivity index (χ3n) is 5.19. The standard InChI is InChI=1S/C24H28N4/c1-18-3-2-4-20(13-18)16-28-17-27-23-10-9-22(14-24(23)28)21-7-5-19(6-8-21)15-26-12-11-25/h2-10,13-14,26-27H,11-12,15-17,25H2,1H3. The summed E-state index contributed by atoms with van der Waals surface area (Å²) in [7, 11) is 0. The molecule has 4 nitrogen and oxygen atoms in total. The fourth-order valence-corrected chi connectivity index (χ4v) is 3.71. The highest BCUT2D eigenvalue weighted by molar-refractivity contribution is 5.81. The van der Waals surface area contributed by atoms with Crippen LogP contribution in [-0.2, 0) is 13.1 Å². The van der Waals surface area contributed by atoms with Gasteiger partial charge in [-0.3, -0.25) is 0 Å². The van der Waals surface area contributed by atoms with Gasteiger partial charge in [0.05, 0.1) is 18.0 Å². The zero-order valence-corrected chi connectivity index (χ0v) is 16.4. The van der Waals surface area contributed by atoms with Gasteiger partial charge in [0.25, 0.3) is 0 Å². The predicted octanol–water partition coefficient (Wildman–Crippen LogP) is 4.10. The number of anilines is 2. The molecule has 4 heteroatoms. The van der Waals surface area contributed by atoms with Crippen LogP contribution in [0.25, 0.3) is 11.1 Å². The molecule has 0 saturated carbocycles. The highest BCUT2D eigenvalue weighted by Gasteiger charge is 2.19. The Morgan fingerprint density at radius 3 is 2.57 bits per heavy atom. The number of nitrogens with one attached hydrogen (secondary N) is 2. The highest BCUT2D eigenvalue weighted by Crippen LogP contribution is 2.36. The normalized spacial score (nSPS) is 12.7. The van der Waals surface area contributed by atoms with Crippen LogP contribution in [0, 0.1) is 6.92 Å². The molecular weight excluding hydrogens is 344 g/mol. The molecule has 0 bridgehead atoms. The van der Waals surface area contributed by atoms with E-state index in [4.69, 9.17) is 5.73 Å². The van der Waals surface area contributed by atoms with E-state index < -0.39 is 0 Å². The zero-order valence-electron chi connectivity index (χ0n) is 16.4. The van der Waals surface area contributed by atoms with Crippen molar-refractivity contribution in [3.8, 4) is 11.1 Å². The van der Waals surface area contributed by atoms with Gasteiger partial charge in [0.1, 0.15) is 0 Å². The van der Waals surface area contributed by atoms with Crippen molar-refractivity contribution in [2.24, 2.45) is 5.73 Å². The number of nitrogens with two attached hydrogens (primary N) is 1. The lowest BCUT2D eigenvalue weighted by Crippen LogP contribution is -2.22. The number of fused-ring (bicyclic) bond motifs is 1. The summed E-state index contributed by atoms with van der Waals surface area (Å²) in [4.78, 5) is 2.40. The number of hydrogen-bond acceptors (Lipinski definition) is 4. The average Bonchev–Trinajstić information content (AvgIpc) is 3.11. The van der Waals surface area contributed by atoms with Gasteiger partial charge in [-0.15, -0.1) is 0 Å². The van der Waals surface area contributed by atoms with E-state index in [0.717, 1.165) is 26.3 Å². The van der Waals surface area contributed by atoms with Gasteiger partial charge in [-0.25, -0.2) is 0 Å². The first-order valence-corrected chi connectivity index (χ1v) is 9.91.